The Bertz CT molecular complexity index is 1760. The van der Waals surface area contributed by atoms with Crippen LogP contribution in [0.5, 0.6) is 0 Å². The summed E-state index contributed by atoms with van der Waals surface area (Å²) in [4.78, 5) is 0. The Kier molecular flexibility index (Phi) is 33.8. The second kappa shape index (κ2) is 38.6. The second-order valence-electron chi connectivity index (χ2n) is 21.4. The molecule has 1 aliphatic heterocycles. The number of hydrogen-bond donors (Lipinski definition) is 0. The zero-order valence-electron chi connectivity index (χ0n) is 47.1. The average molecular weight is 944 g/mol. The van der Waals surface area contributed by atoms with Crippen LogP contribution in [0.1, 0.15) is 325 Å². The van der Waals surface area contributed by atoms with Gasteiger partial charge >= 0.3 is 0 Å². The van der Waals surface area contributed by atoms with Crippen molar-refractivity contribution < 1.29 is 4.70 Å². The van der Waals surface area contributed by atoms with Crippen LogP contribution in [0.25, 0.3) is 29.1 Å². The first-order valence-electron chi connectivity index (χ1n) is 30.5. The first kappa shape index (κ1) is 60.3. The van der Waals surface area contributed by atoms with Gasteiger partial charge in [0.2, 0.25) is 11.4 Å². The fourth-order valence-electron chi connectivity index (χ4n) is 11.1. The lowest BCUT2D eigenvalue weighted by atomic mass is 9.87. The number of hydrogen-bond acceptors (Lipinski definition) is 0. The Morgan fingerprint density at radius 3 is 0.797 bits per heavy atom. The molecule has 1 aliphatic rings. The van der Waals surface area contributed by atoms with E-state index in [1.165, 1.54) is 268 Å². The summed E-state index contributed by atoms with van der Waals surface area (Å²) in [6.45, 7) is 18.2. The average Bonchev–Trinajstić information content (AvgIpc) is 3.63. The van der Waals surface area contributed by atoms with E-state index >= 15 is 0 Å². The van der Waals surface area contributed by atoms with Crippen molar-refractivity contribution in [3.8, 4) is 0 Å². The highest BCUT2D eigenvalue weighted by atomic mass is 15.2. The largest absolute Gasteiger partial charge is 0.493 e. The van der Waals surface area contributed by atoms with E-state index in [2.05, 4.69) is 104 Å². The summed E-state index contributed by atoms with van der Waals surface area (Å²) in [5.41, 5.74) is 29.2. The molecule has 0 bridgehead atoms. The Hall–Kier alpha value is -3.00. The molecule has 1 heterocycles. The zero-order valence-corrected chi connectivity index (χ0v) is 47.1. The number of unbranched alkanes of at least 4 members (excludes halogenated alkanes) is 27. The lowest BCUT2D eigenvalue weighted by Gasteiger charge is -2.18. The van der Waals surface area contributed by atoms with Gasteiger partial charge in [0.25, 0.3) is 0 Å². The van der Waals surface area contributed by atoms with Gasteiger partial charge in [-0.1, -0.05) is 239 Å². The zero-order chi connectivity index (χ0) is 49.7. The molecule has 0 aromatic heterocycles. The monoisotopic (exact) mass is 943 g/mol. The number of aryl methyl sites for hydroxylation is 4. The van der Waals surface area contributed by atoms with Crippen LogP contribution < -0.4 is 0 Å². The first-order chi connectivity index (χ1) is 33.9. The molecule has 0 unspecified atom stereocenters. The maximum Gasteiger partial charge on any atom is 0.211 e. The highest BCUT2D eigenvalue weighted by molar-refractivity contribution is 5.84. The molecule has 0 radical (unpaired) electrons. The summed E-state index contributed by atoms with van der Waals surface area (Å²) in [6.07, 6.45) is 59.4. The third-order valence-electron chi connectivity index (χ3n) is 15.3. The van der Waals surface area contributed by atoms with Gasteiger partial charge < -0.3 is 5.53 Å². The topological polar surface area (TPSA) is 25.3 Å². The predicted molar refractivity (Wildman–Crippen MR) is 310 cm³/mol. The Balaban J connectivity index is 1.88. The molecule has 0 spiro atoms. The molecule has 3 rings (SSSR count). The maximum absolute atomic E-state index is 13.1. The van der Waals surface area contributed by atoms with Crippen molar-refractivity contribution in [2.45, 2.75) is 306 Å². The molecule has 2 heteroatoms. The van der Waals surface area contributed by atoms with Crippen molar-refractivity contribution in [3.63, 3.8) is 0 Å². The predicted octanol–water partition coefficient (Wildman–Crippen LogP) is 22.9. The van der Waals surface area contributed by atoms with E-state index < -0.39 is 0 Å². The SMILES string of the molecule is CC=Cc1c(CCCC)cc(C2=C(CCCCCC)C(CCCCCCCCCCCCCCCCCCCCCCC)=C(c3cc(CCCC)c(C=CC)c(CCCC)c3)[N+]2=[N-])cc1CCCC. The minimum Gasteiger partial charge on any atom is -0.493 e. The van der Waals surface area contributed by atoms with Crippen LogP contribution in [0, 0.1) is 0 Å². The molecular weight excluding hydrogens is 833 g/mol. The number of nitrogens with zero attached hydrogens (tertiary/aromatic N) is 2. The molecule has 388 valence electrons. The fourth-order valence-corrected chi connectivity index (χ4v) is 11.1. The maximum atomic E-state index is 13.1. The first-order valence-corrected chi connectivity index (χ1v) is 30.5. The molecule has 0 amide bonds. The van der Waals surface area contributed by atoms with E-state index in [1.54, 1.807) is 4.70 Å². The van der Waals surface area contributed by atoms with E-state index in [1.807, 2.05) is 0 Å². The quantitative estimate of drug-likeness (QED) is 0.0468. The summed E-state index contributed by atoms with van der Waals surface area (Å²) in [7, 11) is 0. The van der Waals surface area contributed by atoms with Crippen molar-refractivity contribution in [1.82, 2.24) is 0 Å². The van der Waals surface area contributed by atoms with Crippen LogP contribution in [-0.4, -0.2) is 4.70 Å². The second-order valence-corrected chi connectivity index (χ2v) is 21.4. The molecule has 2 aromatic carbocycles. The minimum atomic E-state index is 1.03. The van der Waals surface area contributed by atoms with Crippen LogP contribution in [0.2, 0.25) is 0 Å². The van der Waals surface area contributed by atoms with Gasteiger partial charge in [-0.2, -0.15) is 0 Å². The van der Waals surface area contributed by atoms with E-state index in [4.69, 9.17) is 0 Å². The highest BCUT2D eigenvalue weighted by Crippen LogP contribution is 2.46. The number of allylic oxidation sites excluding steroid dienone is 4. The van der Waals surface area contributed by atoms with Crippen LogP contribution >= 0.6 is 0 Å². The van der Waals surface area contributed by atoms with Crippen LogP contribution in [0.3, 0.4) is 0 Å². The molecule has 2 nitrogen and oxygen atoms in total. The van der Waals surface area contributed by atoms with Crippen LogP contribution in [0.4, 0.5) is 0 Å². The third kappa shape index (κ3) is 22.1. The van der Waals surface area contributed by atoms with Gasteiger partial charge in [0, 0.05) is 22.3 Å². The molecule has 0 saturated heterocycles. The van der Waals surface area contributed by atoms with Crippen LogP contribution in [0.15, 0.2) is 47.6 Å². The van der Waals surface area contributed by atoms with Crippen molar-refractivity contribution in [3.05, 3.63) is 97.6 Å². The number of benzene rings is 2. The van der Waals surface area contributed by atoms with E-state index in [-0.39, 0.29) is 0 Å². The lowest BCUT2D eigenvalue weighted by Crippen LogP contribution is -2.07. The van der Waals surface area contributed by atoms with Crippen LogP contribution in [-0.2, 0) is 25.7 Å². The summed E-state index contributed by atoms with van der Waals surface area (Å²) < 4.78 is 1.72. The molecule has 0 N–H and O–H groups in total. The fraction of sp³-hybridized carbons (Fsp3) is 0.701. The minimum absolute atomic E-state index is 1.03. The molecule has 2 aromatic rings. The molecule has 0 atom stereocenters. The van der Waals surface area contributed by atoms with Gasteiger partial charge in [-0.15, -0.1) is 0 Å². The van der Waals surface area contributed by atoms with Gasteiger partial charge in [0.05, 0.1) is 0 Å². The summed E-state index contributed by atoms with van der Waals surface area (Å²) in [5, 5.41) is 0. The summed E-state index contributed by atoms with van der Waals surface area (Å²) in [6, 6.07) is 9.95. The van der Waals surface area contributed by atoms with Crippen molar-refractivity contribution in [2.75, 3.05) is 0 Å². The van der Waals surface area contributed by atoms with Gasteiger partial charge in [-0.25, -0.2) is 4.70 Å². The number of rotatable bonds is 43. The van der Waals surface area contributed by atoms with E-state index in [0.29, 0.717) is 0 Å². The third-order valence-corrected chi connectivity index (χ3v) is 15.3. The lowest BCUT2D eigenvalue weighted by molar-refractivity contribution is -0.345. The summed E-state index contributed by atoms with van der Waals surface area (Å²) >= 11 is 0. The molecule has 69 heavy (non-hydrogen) atoms. The van der Waals surface area contributed by atoms with Gasteiger partial charge in [-0.3, -0.25) is 0 Å². The highest BCUT2D eigenvalue weighted by Gasteiger charge is 2.36. The van der Waals surface area contributed by atoms with Gasteiger partial charge in [-0.05, 0) is 149 Å². The van der Waals surface area contributed by atoms with Gasteiger partial charge in [0.1, 0.15) is 0 Å². The molecule has 0 aliphatic carbocycles. The Labute approximate surface area is 429 Å². The standard InChI is InChI=1S/C67H110N2/c1-9-17-23-25-26-27-28-29-30-31-32-33-34-35-36-37-38-39-40-41-43-51-65-64(50-42-24-18-10-2)66(60-52-56(46-19-11-3)62(44-15-7)57(53-60)47-20-12-4)69(68)67(65)61-54-58(48-21-13-5)63(45-16-8)59(55-61)49-22-14-6/h15-16,44-45,52-55H,9-14,17-43,46-51H2,1-8H3. The molecule has 0 fully saturated rings. The van der Waals surface area contributed by atoms with E-state index in [0.717, 1.165) is 49.9 Å². The van der Waals surface area contributed by atoms with Crippen molar-refractivity contribution >= 4 is 23.5 Å². The van der Waals surface area contributed by atoms with Gasteiger partial charge in [0.15, 0.2) is 0 Å². The Morgan fingerprint density at radius 2 is 0.551 bits per heavy atom. The van der Waals surface area contributed by atoms with Crippen molar-refractivity contribution in [2.24, 2.45) is 0 Å². The molecular formula is C67H110N2. The van der Waals surface area contributed by atoms with E-state index in [9.17, 15) is 5.53 Å². The molecule has 0 saturated carbocycles. The Morgan fingerprint density at radius 1 is 0.319 bits per heavy atom. The smallest absolute Gasteiger partial charge is 0.211 e. The summed E-state index contributed by atoms with van der Waals surface area (Å²) in [5.74, 6) is 0. The van der Waals surface area contributed by atoms with Crippen molar-refractivity contribution in [1.29, 1.82) is 0 Å². The normalized spacial score (nSPS) is 13.2.